The van der Waals surface area contributed by atoms with E-state index in [1.165, 1.54) is 18.2 Å². The second-order valence-corrected chi connectivity index (χ2v) is 8.27. The number of hydrogen-bond donors (Lipinski definition) is 4. The molecular weight excluding hydrogens is 569 g/mol. The molecule has 0 aromatic heterocycles. The second kappa shape index (κ2) is 13.1. The van der Waals surface area contributed by atoms with Crippen LogP contribution in [-0.4, -0.2) is 15.3 Å². The fourth-order valence-corrected chi connectivity index (χ4v) is 4.55. The molecule has 0 amide bonds. The summed E-state index contributed by atoms with van der Waals surface area (Å²) in [5, 5.41) is 26.0. The number of rotatable bonds is 7. The monoisotopic (exact) mass is 585 g/mol. The number of nitrogens with zero attached hydrogens (tertiary/aromatic N) is 1. The highest BCUT2D eigenvalue weighted by atomic mass is 79.9. The third-order valence-electron chi connectivity index (χ3n) is 3.27. The minimum atomic E-state index is -0.474. The fourth-order valence-electron chi connectivity index (χ4n) is 2.13. The van der Waals surface area contributed by atoms with Crippen molar-refractivity contribution in [2.45, 2.75) is 21.3 Å². The van der Waals surface area contributed by atoms with E-state index in [2.05, 4.69) is 0 Å². The van der Waals surface area contributed by atoms with Gasteiger partial charge in [0, 0.05) is 22.5 Å². The van der Waals surface area contributed by atoms with Crippen molar-refractivity contribution in [3.05, 3.63) is 63.5 Å². The number of nitro groups is 1. The van der Waals surface area contributed by atoms with Crippen molar-refractivity contribution in [2.75, 3.05) is 0 Å². The van der Waals surface area contributed by atoms with Crippen LogP contribution in [0.2, 0.25) is 0 Å². The number of halogens is 3. The molecule has 0 fully saturated rings. The van der Waals surface area contributed by atoms with Crippen LogP contribution in [0.25, 0.3) is 0 Å². The van der Waals surface area contributed by atoms with Gasteiger partial charge in [-0.25, -0.2) is 4.39 Å². The molecule has 2 aromatic carbocycles. The Morgan fingerprint density at radius 2 is 1.62 bits per heavy atom. The van der Waals surface area contributed by atoms with E-state index in [1.807, 2.05) is 0 Å². The molecule has 29 heavy (non-hydrogen) atoms. The van der Waals surface area contributed by atoms with Gasteiger partial charge in [-0.15, -0.1) is 34.0 Å². The smallest absolute Gasteiger partial charge is 0.283 e. The molecule has 0 saturated heterocycles. The molecule has 0 radical (unpaired) electrons. The maximum Gasteiger partial charge on any atom is 0.283 e. The molecule has 2 aromatic rings. The highest BCUT2D eigenvalue weighted by Crippen LogP contribution is 2.41. The first-order valence-corrected chi connectivity index (χ1v) is 10.2. The molecule has 158 valence electrons. The van der Waals surface area contributed by atoms with Gasteiger partial charge in [0.15, 0.2) is 10.3 Å². The molecule has 6 N–H and O–H groups in total. The summed E-state index contributed by atoms with van der Waals surface area (Å²) in [6.07, 6.45) is 0. The summed E-state index contributed by atoms with van der Waals surface area (Å²) in [4.78, 5) is 12.0. The normalized spacial score (nSPS) is 9.83. The lowest BCUT2D eigenvalue weighted by Gasteiger charge is -2.12. The molecule has 0 aliphatic rings. The Bertz CT molecular complexity index is 905. The molecule has 0 saturated carbocycles. The Hall–Kier alpha value is -1.28. The predicted octanol–water partition coefficient (Wildman–Crippen LogP) is 5.29. The van der Waals surface area contributed by atoms with Gasteiger partial charge in [0.25, 0.3) is 5.69 Å². The van der Waals surface area contributed by atoms with Gasteiger partial charge in [-0.2, -0.15) is 0 Å². The van der Waals surface area contributed by atoms with E-state index >= 15 is 0 Å². The molecule has 0 aliphatic heterocycles. The molecule has 0 unspecified atom stereocenters. The summed E-state index contributed by atoms with van der Waals surface area (Å²) < 4.78 is 13.7. The van der Waals surface area contributed by atoms with E-state index < -0.39 is 10.7 Å². The number of nitrogens with one attached hydrogen (secondary N) is 2. The summed E-state index contributed by atoms with van der Waals surface area (Å²) in [6, 6.07) is 8.88. The SMILES string of the molecule is Br.Br.N=C(N)SCc1cc(F)ccc1Sc1c(CSC(=N)N)cccc1[N+](=O)[O-]. The standard InChI is InChI=1S/C16H16FN5O2S3.2BrH/c17-11-4-5-13(10(6-11)8-26-16(20)21)27-14-9(7-25-15(18)19)2-1-3-12(14)22(23)24;;/h1-6H,7-8H2,(H3,18,19)(H3,20,21);2*1H. The molecular formula is C16H18Br2FN5O2S3. The zero-order valence-electron chi connectivity index (χ0n) is 14.7. The van der Waals surface area contributed by atoms with Crippen LogP contribution < -0.4 is 11.5 Å². The van der Waals surface area contributed by atoms with Gasteiger partial charge in [0.2, 0.25) is 0 Å². The first-order chi connectivity index (χ1) is 12.8. The minimum Gasteiger partial charge on any atom is -0.379 e. The van der Waals surface area contributed by atoms with E-state index in [0.717, 1.165) is 35.3 Å². The third kappa shape index (κ3) is 8.54. The molecule has 0 spiro atoms. The van der Waals surface area contributed by atoms with Crippen LogP contribution in [-0.2, 0) is 11.5 Å². The number of hydrogen-bond acceptors (Lipinski definition) is 7. The van der Waals surface area contributed by atoms with Gasteiger partial charge < -0.3 is 11.5 Å². The summed E-state index contributed by atoms with van der Waals surface area (Å²) >= 11 is 3.26. The third-order valence-corrected chi connectivity index (χ3v) is 6.10. The Kier molecular flexibility index (Phi) is 12.5. The van der Waals surface area contributed by atoms with Crippen LogP contribution in [0.4, 0.5) is 10.1 Å². The van der Waals surface area contributed by atoms with Crippen LogP contribution in [0.3, 0.4) is 0 Å². The van der Waals surface area contributed by atoms with Gasteiger partial charge in [0.05, 0.1) is 9.82 Å². The molecule has 0 atom stereocenters. The molecule has 0 bridgehead atoms. The number of nitro benzene ring substituents is 1. The van der Waals surface area contributed by atoms with E-state index in [0.29, 0.717) is 26.7 Å². The van der Waals surface area contributed by atoms with Crippen molar-refractivity contribution >= 4 is 85.3 Å². The predicted molar refractivity (Wildman–Crippen MR) is 131 cm³/mol. The zero-order valence-corrected chi connectivity index (χ0v) is 20.6. The Labute approximate surface area is 200 Å². The van der Waals surface area contributed by atoms with Gasteiger partial charge >= 0.3 is 0 Å². The Morgan fingerprint density at radius 3 is 2.17 bits per heavy atom. The van der Waals surface area contributed by atoms with Gasteiger partial charge in [-0.05, 0) is 29.3 Å². The van der Waals surface area contributed by atoms with Crippen LogP contribution in [0.1, 0.15) is 11.1 Å². The maximum absolute atomic E-state index is 13.7. The zero-order chi connectivity index (χ0) is 20.0. The maximum atomic E-state index is 13.7. The van der Waals surface area contributed by atoms with Gasteiger partial charge in [-0.1, -0.05) is 47.4 Å². The Morgan fingerprint density at radius 1 is 1.03 bits per heavy atom. The number of nitrogens with two attached hydrogens (primary N) is 2. The molecule has 0 heterocycles. The van der Waals surface area contributed by atoms with E-state index in [4.69, 9.17) is 22.3 Å². The number of amidine groups is 2. The molecule has 7 nitrogen and oxygen atoms in total. The molecule has 0 aliphatic carbocycles. The fraction of sp³-hybridized carbons (Fsp3) is 0.125. The Balaban J connectivity index is 0.00000392. The van der Waals surface area contributed by atoms with Gasteiger partial charge in [-0.3, -0.25) is 20.9 Å². The van der Waals surface area contributed by atoms with Crippen LogP contribution in [0, 0.1) is 26.8 Å². The minimum absolute atomic E-state index is 0. The highest BCUT2D eigenvalue weighted by Gasteiger charge is 2.20. The lowest BCUT2D eigenvalue weighted by Crippen LogP contribution is -2.05. The van der Waals surface area contributed by atoms with Crippen molar-refractivity contribution in [3.8, 4) is 0 Å². The van der Waals surface area contributed by atoms with Crippen LogP contribution in [0.5, 0.6) is 0 Å². The average Bonchev–Trinajstić information content (AvgIpc) is 2.60. The van der Waals surface area contributed by atoms with E-state index in [1.54, 1.807) is 18.2 Å². The van der Waals surface area contributed by atoms with E-state index in [9.17, 15) is 14.5 Å². The highest BCUT2D eigenvalue weighted by molar-refractivity contribution is 8.93. The average molecular weight is 587 g/mol. The number of thioether (sulfide) groups is 2. The van der Waals surface area contributed by atoms with Crippen molar-refractivity contribution < 1.29 is 9.31 Å². The van der Waals surface area contributed by atoms with Crippen molar-refractivity contribution in [3.63, 3.8) is 0 Å². The first kappa shape index (κ1) is 27.7. The van der Waals surface area contributed by atoms with E-state index in [-0.39, 0.29) is 55.7 Å². The number of benzene rings is 2. The summed E-state index contributed by atoms with van der Waals surface area (Å²) in [6.45, 7) is 0. The lowest BCUT2D eigenvalue weighted by atomic mass is 10.2. The quantitative estimate of drug-likeness (QED) is 0.149. The molecule has 13 heteroatoms. The van der Waals surface area contributed by atoms with Crippen LogP contribution >= 0.6 is 69.2 Å². The van der Waals surface area contributed by atoms with Crippen molar-refractivity contribution in [1.29, 1.82) is 10.8 Å². The van der Waals surface area contributed by atoms with Gasteiger partial charge in [0.1, 0.15) is 5.82 Å². The summed E-state index contributed by atoms with van der Waals surface area (Å²) in [5.74, 6) is 0.138. The van der Waals surface area contributed by atoms with Crippen molar-refractivity contribution in [2.24, 2.45) is 11.5 Å². The largest absolute Gasteiger partial charge is 0.379 e. The topological polar surface area (TPSA) is 143 Å². The lowest BCUT2D eigenvalue weighted by molar-refractivity contribution is -0.387. The summed E-state index contributed by atoms with van der Waals surface area (Å²) in [7, 11) is 0. The molecule has 2 rings (SSSR count). The summed E-state index contributed by atoms with van der Waals surface area (Å²) in [5.41, 5.74) is 11.9. The van der Waals surface area contributed by atoms with Crippen molar-refractivity contribution in [1.82, 2.24) is 0 Å². The van der Waals surface area contributed by atoms with Crippen LogP contribution in [0.15, 0.2) is 46.2 Å². The first-order valence-electron chi connectivity index (χ1n) is 7.44. The second-order valence-electron chi connectivity index (χ2n) is 5.18.